The number of nitrogens with zero attached hydrogens (tertiary/aromatic N) is 2. The third kappa shape index (κ3) is 4.51. The summed E-state index contributed by atoms with van der Waals surface area (Å²) in [6, 6.07) is 18.7. The second-order valence-electron chi connectivity index (χ2n) is 5.48. The highest BCUT2D eigenvalue weighted by molar-refractivity contribution is 5.99. The highest BCUT2D eigenvalue weighted by atomic mass is 19.1. The average molecular weight is 349 g/mol. The van der Waals surface area contributed by atoms with Crippen LogP contribution in [0.1, 0.15) is 12.5 Å². The molecule has 1 amide bonds. The third-order valence-corrected chi connectivity index (χ3v) is 3.62. The van der Waals surface area contributed by atoms with Crippen LogP contribution < -0.4 is 5.32 Å². The van der Waals surface area contributed by atoms with Crippen LogP contribution in [0.2, 0.25) is 0 Å². The summed E-state index contributed by atoms with van der Waals surface area (Å²) in [7, 11) is 0. The zero-order valence-electron chi connectivity index (χ0n) is 14.0. The number of benzene rings is 2. The Kier molecular flexibility index (Phi) is 5.34. The predicted molar refractivity (Wildman–Crippen MR) is 98.4 cm³/mol. The second-order valence-corrected chi connectivity index (χ2v) is 5.48. The van der Waals surface area contributed by atoms with Crippen molar-refractivity contribution >= 4 is 17.5 Å². The number of carbonyl (C=O) groups is 1. The zero-order chi connectivity index (χ0) is 18.4. The largest absolute Gasteiger partial charge is 0.437 e. The molecule has 0 spiro atoms. The Morgan fingerprint density at radius 3 is 2.42 bits per heavy atom. The molecule has 0 aliphatic heterocycles. The van der Waals surface area contributed by atoms with E-state index in [1.807, 2.05) is 42.5 Å². The number of carbonyl (C=O) groups excluding carboxylic acids is 1. The SMILES string of the molecule is CC(=NOC(=O)Nc1ccc(F)cc1)c1ccc(-c2ccccn2)cc1. The van der Waals surface area contributed by atoms with Crippen LogP contribution in [0, 0.1) is 5.82 Å². The number of hydrogen-bond donors (Lipinski definition) is 1. The van der Waals surface area contributed by atoms with Gasteiger partial charge >= 0.3 is 6.09 Å². The molecule has 0 saturated heterocycles. The van der Waals surface area contributed by atoms with E-state index in [9.17, 15) is 9.18 Å². The highest BCUT2D eigenvalue weighted by Gasteiger charge is 2.05. The molecule has 1 N–H and O–H groups in total. The maximum absolute atomic E-state index is 12.8. The maximum atomic E-state index is 12.8. The number of pyridine rings is 1. The monoisotopic (exact) mass is 349 g/mol. The predicted octanol–water partition coefficient (Wildman–Crippen LogP) is 4.86. The maximum Gasteiger partial charge on any atom is 0.437 e. The van der Waals surface area contributed by atoms with E-state index in [0.29, 0.717) is 11.4 Å². The summed E-state index contributed by atoms with van der Waals surface area (Å²) in [6.07, 6.45) is 0.991. The minimum atomic E-state index is -0.749. The second kappa shape index (κ2) is 8.02. The quantitative estimate of drug-likeness (QED) is 0.416. The molecular weight excluding hydrogens is 333 g/mol. The first-order valence-corrected chi connectivity index (χ1v) is 7.92. The molecule has 0 saturated carbocycles. The van der Waals surface area contributed by atoms with Crippen molar-refractivity contribution in [1.29, 1.82) is 0 Å². The molecule has 130 valence electrons. The van der Waals surface area contributed by atoms with Crippen molar-refractivity contribution in [2.24, 2.45) is 5.16 Å². The lowest BCUT2D eigenvalue weighted by atomic mass is 10.1. The number of rotatable bonds is 4. The molecule has 6 heteroatoms. The van der Waals surface area contributed by atoms with E-state index in [0.717, 1.165) is 16.8 Å². The molecule has 3 aromatic rings. The summed E-state index contributed by atoms with van der Waals surface area (Å²) in [4.78, 5) is 20.9. The normalized spacial score (nSPS) is 11.1. The molecule has 3 rings (SSSR count). The Labute approximate surface area is 150 Å². The summed E-state index contributed by atoms with van der Waals surface area (Å²) in [5.41, 5.74) is 3.65. The average Bonchev–Trinajstić information content (AvgIpc) is 2.69. The summed E-state index contributed by atoms with van der Waals surface area (Å²) in [6.45, 7) is 1.74. The van der Waals surface area contributed by atoms with Crippen LogP contribution in [0.3, 0.4) is 0 Å². The Hall–Kier alpha value is -3.54. The van der Waals surface area contributed by atoms with Crippen molar-refractivity contribution in [2.45, 2.75) is 6.92 Å². The number of anilines is 1. The third-order valence-electron chi connectivity index (χ3n) is 3.62. The fraction of sp³-hybridized carbons (Fsp3) is 0.0500. The molecule has 2 aromatic carbocycles. The molecule has 1 heterocycles. The summed E-state index contributed by atoms with van der Waals surface area (Å²) in [5.74, 6) is -0.382. The minimum Gasteiger partial charge on any atom is -0.298 e. The molecule has 0 radical (unpaired) electrons. The van der Waals surface area contributed by atoms with Gasteiger partial charge in [0, 0.05) is 17.4 Å². The fourth-order valence-corrected chi connectivity index (χ4v) is 2.25. The number of hydrogen-bond acceptors (Lipinski definition) is 4. The lowest BCUT2D eigenvalue weighted by Gasteiger charge is -2.05. The highest BCUT2D eigenvalue weighted by Crippen LogP contribution is 2.17. The summed E-state index contributed by atoms with van der Waals surface area (Å²) >= 11 is 0. The number of oxime groups is 1. The van der Waals surface area contributed by atoms with Crippen LogP contribution in [-0.4, -0.2) is 16.8 Å². The van der Waals surface area contributed by atoms with Crippen molar-refractivity contribution in [2.75, 3.05) is 5.32 Å². The Morgan fingerprint density at radius 1 is 1.04 bits per heavy atom. The first-order chi connectivity index (χ1) is 12.6. The number of amides is 1. The number of aromatic nitrogens is 1. The number of halogens is 1. The van der Waals surface area contributed by atoms with E-state index >= 15 is 0 Å². The van der Waals surface area contributed by atoms with Gasteiger partial charge in [0.1, 0.15) is 5.82 Å². The molecule has 0 bridgehead atoms. The Balaban J connectivity index is 1.62. The van der Waals surface area contributed by atoms with Crippen LogP contribution in [0.4, 0.5) is 14.9 Å². The van der Waals surface area contributed by atoms with Crippen molar-refractivity contribution in [3.8, 4) is 11.3 Å². The Bertz CT molecular complexity index is 908. The van der Waals surface area contributed by atoms with Gasteiger partial charge in [-0.3, -0.25) is 15.1 Å². The van der Waals surface area contributed by atoms with Crippen LogP contribution in [-0.2, 0) is 4.84 Å². The molecule has 0 aliphatic carbocycles. The van der Waals surface area contributed by atoms with Crippen molar-refractivity contribution in [1.82, 2.24) is 4.98 Å². The van der Waals surface area contributed by atoms with Crippen LogP contribution in [0.5, 0.6) is 0 Å². The van der Waals surface area contributed by atoms with Gasteiger partial charge < -0.3 is 0 Å². The van der Waals surface area contributed by atoms with Gasteiger partial charge in [-0.05, 0) is 48.9 Å². The first-order valence-electron chi connectivity index (χ1n) is 7.92. The first kappa shape index (κ1) is 17.3. The van der Waals surface area contributed by atoms with E-state index < -0.39 is 6.09 Å². The molecule has 26 heavy (non-hydrogen) atoms. The van der Waals surface area contributed by atoms with Gasteiger partial charge in [-0.1, -0.05) is 35.5 Å². The topological polar surface area (TPSA) is 63.6 Å². The van der Waals surface area contributed by atoms with Gasteiger partial charge in [-0.25, -0.2) is 9.18 Å². The molecule has 0 atom stereocenters. The van der Waals surface area contributed by atoms with Gasteiger partial charge in [-0.2, -0.15) is 0 Å². The Morgan fingerprint density at radius 2 is 1.77 bits per heavy atom. The molecule has 0 aliphatic rings. The van der Waals surface area contributed by atoms with E-state index in [2.05, 4.69) is 15.5 Å². The smallest absolute Gasteiger partial charge is 0.298 e. The van der Waals surface area contributed by atoms with Crippen molar-refractivity contribution in [3.05, 3.63) is 84.3 Å². The standard InChI is InChI=1S/C20H16FN3O2/c1-14(24-26-20(25)23-18-11-9-17(21)10-12-18)15-5-7-16(8-6-15)19-4-2-3-13-22-19/h2-13H,1H3,(H,23,25). The fourth-order valence-electron chi connectivity index (χ4n) is 2.25. The molecular formula is C20H16FN3O2. The van der Waals surface area contributed by atoms with Crippen molar-refractivity contribution in [3.63, 3.8) is 0 Å². The van der Waals surface area contributed by atoms with Gasteiger partial charge in [0.25, 0.3) is 0 Å². The van der Waals surface area contributed by atoms with Gasteiger partial charge in [0.2, 0.25) is 0 Å². The van der Waals surface area contributed by atoms with E-state index in [1.165, 1.54) is 24.3 Å². The minimum absolute atomic E-state index is 0.382. The lowest BCUT2D eigenvalue weighted by Crippen LogP contribution is -2.11. The lowest BCUT2D eigenvalue weighted by molar-refractivity contribution is 0.166. The van der Waals surface area contributed by atoms with Crippen LogP contribution in [0.25, 0.3) is 11.3 Å². The van der Waals surface area contributed by atoms with Crippen molar-refractivity contribution < 1.29 is 14.0 Å². The molecule has 1 aromatic heterocycles. The molecule has 0 unspecified atom stereocenters. The summed E-state index contributed by atoms with van der Waals surface area (Å²) < 4.78 is 12.8. The zero-order valence-corrected chi connectivity index (χ0v) is 14.0. The van der Waals surface area contributed by atoms with E-state index in [-0.39, 0.29) is 5.82 Å². The van der Waals surface area contributed by atoms with Crippen LogP contribution >= 0.6 is 0 Å². The van der Waals surface area contributed by atoms with Gasteiger partial charge in [0.15, 0.2) is 0 Å². The van der Waals surface area contributed by atoms with E-state index in [1.54, 1.807) is 13.1 Å². The molecule has 0 fully saturated rings. The number of nitrogens with one attached hydrogen (secondary N) is 1. The van der Waals surface area contributed by atoms with Gasteiger partial charge in [-0.15, -0.1) is 0 Å². The summed E-state index contributed by atoms with van der Waals surface area (Å²) in [5, 5.41) is 6.29. The molecule has 5 nitrogen and oxygen atoms in total. The van der Waals surface area contributed by atoms with Gasteiger partial charge in [0.05, 0.1) is 11.4 Å². The van der Waals surface area contributed by atoms with E-state index in [4.69, 9.17) is 4.84 Å². The van der Waals surface area contributed by atoms with Crippen LogP contribution in [0.15, 0.2) is 78.1 Å².